The highest BCUT2D eigenvalue weighted by Gasteiger charge is 2.27. The molecule has 1 saturated heterocycles. The first kappa shape index (κ1) is 15.4. The fourth-order valence-corrected chi connectivity index (χ4v) is 4.31. The average molecular weight is 317 g/mol. The number of sulfonamides is 1. The van der Waals surface area contributed by atoms with E-state index in [9.17, 15) is 13.2 Å². The second-order valence-corrected chi connectivity index (χ2v) is 7.83. The predicted molar refractivity (Wildman–Crippen MR) is 78.5 cm³/mol. The Morgan fingerprint density at radius 2 is 2.00 bits per heavy atom. The maximum absolute atomic E-state index is 12.4. The van der Waals surface area contributed by atoms with Gasteiger partial charge in [0.15, 0.2) is 0 Å². The molecule has 2 atom stereocenters. The van der Waals surface area contributed by atoms with E-state index >= 15 is 0 Å². The number of hydrogen-bond acceptors (Lipinski definition) is 5. The van der Waals surface area contributed by atoms with Gasteiger partial charge in [-0.15, -0.1) is 11.3 Å². The molecule has 1 fully saturated rings. The summed E-state index contributed by atoms with van der Waals surface area (Å²) in [7, 11) is -2.13. The highest BCUT2D eigenvalue weighted by Crippen LogP contribution is 2.21. The molecule has 0 radical (unpaired) electrons. The maximum Gasteiger partial charge on any atom is 0.264 e. The van der Waals surface area contributed by atoms with E-state index in [4.69, 9.17) is 0 Å². The normalized spacial score (nSPS) is 23.9. The summed E-state index contributed by atoms with van der Waals surface area (Å²) in [5, 5.41) is 4.85. The number of nitrogens with one attached hydrogen (secondary N) is 2. The van der Waals surface area contributed by atoms with Gasteiger partial charge in [0, 0.05) is 30.6 Å². The molecule has 6 nitrogen and oxygen atoms in total. The summed E-state index contributed by atoms with van der Waals surface area (Å²) in [6.45, 7) is 5.33. The van der Waals surface area contributed by atoms with Crippen LogP contribution in [0, 0.1) is 0 Å². The number of rotatable bonds is 3. The van der Waals surface area contributed by atoms with Gasteiger partial charge in [-0.25, -0.2) is 13.1 Å². The van der Waals surface area contributed by atoms with Gasteiger partial charge in [-0.1, -0.05) is 0 Å². The monoisotopic (exact) mass is 317 g/mol. The standard InChI is InChI=1S/C12H19N3O3S2/c1-8-5-15(6-9(2)14-8)12(16)11-4-10(7-19-11)20(17,18)13-3/h4,7-9,13-14H,5-6H2,1-3H3/t8-,9+. The van der Waals surface area contributed by atoms with Crippen LogP contribution in [0.5, 0.6) is 0 Å². The quantitative estimate of drug-likeness (QED) is 0.850. The lowest BCUT2D eigenvalue weighted by atomic mass is 10.1. The summed E-state index contributed by atoms with van der Waals surface area (Å²) in [6, 6.07) is 1.92. The third kappa shape index (κ3) is 3.20. The summed E-state index contributed by atoms with van der Waals surface area (Å²) < 4.78 is 25.6. The van der Waals surface area contributed by atoms with E-state index in [-0.39, 0.29) is 22.9 Å². The van der Waals surface area contributed by atoms with E-state index in [0.717, 1.165) is 0 Å². The molecule has 0 aliphatic carbocycles. The molecular weight excluding hydrogens is 298 g/mol. The maximum atomic E-state index is 12.4. The zero-order valence-electron chi connectivity index (χ0n) is 11.7. The molecule has 1 aliphatic rings. The first-order valence-corrected chi connectivity index (χ1v) is 8.77. The second-order valence-electron chi connectivity index (χ2n) is 5.03. The molecule has 1 aromatic rings. The van der Waals surface area contributed by atoms with Crippen molar-refractivity contribution in [3.63, 3.8) is 0 Å². The van der Waals surface area contributed by atoms with E-state index < -0.39 is 10.0 Å². The van der Waals surface area contributed by atoms with Crippen LogP contribution in [0.4, 0.5) is 0 Å². The van der Waals surface area contributed by atoms with Crippen molar-refractivity contribution in [3.8, 4) is 0 Å². The molecule has 0 aromatic carbocycles. The van der Waals surface area contributed by atoms with E-state index in [1.54, 1.807) is 4.90 Å². The van der Waals surface area contributed by atoms with Crippen LogP contribution in [0.25, 0.3) is 0 Å². The van der Waals surface area contributed by atoms with E-state index in [0.29, 0.717) is 18.0 Å². The second kappa shape index (κ2) is 5.80. The van der Waals surface area contributed by atoms with Crippen molar-refractivity contribution >= 4 is 27.3 Å². The smallest absolute Gasteiger partial charge is 0.264 e. The number of piperazine rings is 1. The lowest BCUT2D eigenvalue weighted by molar-refractivity contribution is 0.0678. The number of thiophene rings is 1. The molecule has 2 heterocycles. The average Bonchev–Trinajstić information content (AvgIpc) is 2.87. The molecule has 0 bridgehead atoms. The lowest BCUT2D eigenvalue weighted by Gasteiger charge is -2.35. The number of nitrogens with zero attached hydrogens (tertiary/aromatic N) is 1. The Balaban J connectivity index is 2.18. The zero-order valence-corrected chi connectivity index (χ0v) is 13.3. The molecule has 0 unspecified atom stereocenters. The molecule has 20 heavy (non-hydrogen) atoms. The van der Waals surface area contributed by atoms with Crippen LogP contribution < -0.4 is 10.0 Å². The summed E-state index contributed by atoms with van der Waals surface area (Å²) in [4.78, 5) is 14.8. The van der Waals surface area contributed by atoms with Crippen molar-refractivity contribution in [1.82, 2.24) is 14.9 Å². The van der Waals surface area contributed by atoms with Crippen LogP contribution in [0.2, 0.25) is 0 Å². The van der Waals surface area contributed by atoms with Gasteiger partial charge in [0.2, 0.25) is 10.0 Å². The fraction of sp³-hybridized carbons (Fsp3) is 0.583. The van der Waals surface area contributed by atoms with Crippen LogP contribution in [0.1, 0.15) is 23.5 Å². The third-order valence-electron chi connectivity index (χ3n) is 3.21. The van der Waals surface area contributed by atoms with Crippen LogP contribution in [0.3, 0.4) is 0 Å². The van der Waals surface area contributed by atoms with Gasteiger partial charge in [-0.2, -0.15) is 0 Å². The lowest BCUT2D eigenvalue weighted by Crippen LogP contribution is -2.55. The summed E-state index contributed by atoms with van der Waals surface area (Å²) in [5.74, 6) is -0.104. The van der Waals surface area contributed by atoms with Gasteiger partial charge < -0.3 is 10.2 Å². The minimum absolute atomic E-state index is 0.104. The van der Waals surface area contributed by atoms with Crippen LogP contribution >= 0.6 is 11.3 Å². The molecule has 1 amide bonds. The summed E-state index contributed by atoms with van der Waals surface area (Å²) >= 11 is 1.17. The SMILES string of the molecule is CNS(=O)(=O)c1csc(C(=O)N2C[C@@H](C)N[C@@H](C)C2)c1. The number of carbonyl (C=O) groups excluding carboxylic acids is 1. The third-order valence-corrected chi connectivity index (χ3v) is 5.67. The van der Waals surface area contributed by atoms with Gasteiger partial charge in [-0.3, -0.25) is 4.79 Å². The first-order chi connectivity index (χ1) is 9.33. The number of hydrogen-bond donors (Lipinski definition) is 2. The zero-order chi connectivity index (χ0) is 14.9. The minimum atomic E-state index is -3.49. The fourth-order valence-electron chi connectivity index (χ4n) is 2.34. The molecule has 0 saturated carbocycles. The van der Waals surface area contributed by atoms with Crippen LogP contribution in [-0.2, 0) is 10.0 Å². The molecule has 2 N–H and O–H groups in total. The Morgan fingerprint density at radius 1 is 1.40 bits per heavy atom. The van der Waals surface area contributed by atoms with Gasteiger partial charge >= 0.3 is 0 Å². The van der Waals surface area contributed by atoms with Gasteiger partial charge in [0.25, 0.3) is 5.91 Å². The molecule has 1 aliphatic heterocycles. The Morgan fingerprint density at radius 3 is 2.55 bits per heavy atom. The molecule has 112 valence electrons. The Bertz CT molecular complexity index is 587. The van der Waals surface area contributed by atoms with Gasteiger partial charge in [0.1, 0.15) is 0 Å². The van der Waals surface area contributed by atoms with Crippen molar-refractivity contribution in [2.45, 2.75) is 30.8 Å². The van der Waals surface area contributed by atoms with E-state index in [1.807, 2.05) is 13.8 Å². The van der Waals surface area contributed by atoms with E-state index in [1.165, 1.54) is 29.8 Å². The van der Waals surface area contributed by atoms with Crippen molar-refractivity contribution in [3.05, 3.63) is 16.3 Å². The molecular formula is C12H19N3O3S2. The predicted octanol–water partition coefficient (Wildman–Crippen LogP) is 0.479. The van der Waals surface area contributed by atoms with Gasteiger partial charge in [0.05, 0.1) is 9.77 Å². The molecule has 0 spiro atoms. The Hall–Kier alpha value is -0.960. The van der Waals surface area contributed by atoms with Crippen LogP contribution in [0.15, 0.2) is 16.3 Å². The van der Waals surface area contributed by atoms with Gasteiger partial charge in [-0.05, 0) is 27.0 Å². The highest BCUT2D eigenvalue weighted by molar-refractivity contribution is 7.89. The largest absolute Gasteiger partial charge is 0.335 e. The van der Waals surface area contributed by atoms with Crippen molar-refractivity contribution in [1.29, 1.82) is 0 Å². The topological polar surface area (TPSA) is 78.5 Å². The van der Waals surface area contributed by atoms with Crippen molar-refractivity contribution in [2.24, 2.45) is 0 Å². The van der Waals surface area contributed by atoms with E-state index in [2.05, 4.69) is 10.0 Å². The molecule has 2 rings (SSSR count). The van der Waals surface area contributed by atoms with Crippen molar-refractivity contribution < 1.29 is 13.2 Å². The molecule has 8 heteroatoms. The molecule has 1 aromatic heterocycles. The first-order valence-electron chi connectivity index (χ1n) is 6.41. The Kier molecular flexibility index (Phi) is 4.48. The number of carbonyl (C=O) groups is 1. The van der Waals surface area contributed by atoms with Crippen LogP contribution in [-0.4, -0.2) is 51.4 Å². The van der Waals surface area contributed by atoms with Crippen molar-refractivity contribution in [2.75, 3.05) is 20.1 Å². The summed E-state index contributed by atoms with van der Waals surface area (Å²) in [6.07, 6.45) is 0. The highest BCUT2D eigenvalue weighted by atomic mass is 32.2. The summed E-state index contributed by atoms with van der Waals surface area (Å²) in [5.41, 5.74) is 0. The Labute approximate surface area is 123 Å². The number of amides is 1. The minimum Gasteiger partial charge on any atom is -0.335 e.